The van der Waals surface area contributed by atoms with Crippen molar-refractivity contribution in [1.29, 1.82) is 5.26 Å². The van der Waals surface area contributed by atoms with Gasteiger partial charge in [-0.25, -0.2) is 8.42 Å². The highest BCUT2D eigenvalue weighted by molar-refractivity contribution is 7.90. The third kappa shape index (κ3) is 6.25. The number of benzene rings is 2. The molecule has 0 atom stereocenters. The average molecular weight is 404 g/mol. The van der Waals surface area contributed by atoms with Crippen LogP contribution in [-0.2, 0) is 14.6 Å². The zero-order chi connectivity index (χ0) is 20.8. The molecule has 0 radical (unpaired) electrons. The SMILES string of the molecule is CCCCOC(C)(C)Oc1ccc(Oc2ccc(S(C)(=O)=O)cc2)cc1C#N. The van der Waals surface area contributed by atoms with E-state index in [9.17, 15) is 13.7 Å². The monoisotopic (exact) mass is 403 g/mol. The molecule has 0 aromatic heterocycles. The maximum atomic E-state index is 11.5. The van der Waals surface area contributed by atoms with Crippen molar-refractivity contribution in [3.63, 3.8) is 0 Å². The Morgan fingerprint density at radius 3 is 2.29 bits per heavy atom. The van der Waals surface area contributed by atoms with Crippen LogP contribution in [0, 0.1) is 11.3 Å². The van der Waals surface area contributed by atoms with Gasteiger partial charge in [0.05, 0.1) is 17.1 Å². The molecule has 0 N–H and O–H groups in total. The van der Waals surface area contributed by atoms with Crippen molar-refractivity contribution in [2.45, 2.75) is 44.3 Å². The fourth-order valence-corrected chi connectivity index (χ4v) is 3.03. The Bertz CT molecular complexity index is 944. The molecule has 2 aromatic rings. The maximum absolute atomic E-state index is 11.5. The largest absolute Gasteiger partial charge is 0.462 e. The first kappa shape index (κ1) is 21.7. The number of ether oxygens (including phenoxy) is 3. The first-order chi connectivity index (χ1) is 13.1. The molecule has 0 amide bonds. The summed E-state index contributed by atoms with van der Waals surface area (Å²) in [6, 6.07) is 13.1. The van der Waals surface area contributed by atoms with Crippen molar-refractivity contribution < 1.29 is 22.6 Å². The lowest BCUT2D eigenvalue weighted by atomic mass is 10.2. The molecule has 2 rings (SSSR count). The van der Waals surface area contributed by atoms with Gasteiger partial charge in [-0.15, -0.1) is 0 Å². The van der Waals surface area contributed by atoms with Crippen molar-refractivity contribution >= 4 is 9.84 Å². The van der Waals surface area contributed by atoms with Gasteiger partial charge in [-0.05, 0) is 42.8 Å². The minimum Gasteiger partial charge on any atom is -0.462 e. The molecule has 0 aliphatic carbocycles. The predicted molar refractivity (Wildman–Crippen MR) is 106 cm³/mol. The standard InChI is InChI=1S/C21H25NO5S/c1-5-6-13-25-21(2,3)27-20-12-9-18(14-16(20)15-22)26-17-7-10-19(11-8-17)28(4,23)24/h7-12,14H,5-6,13H2,1-4H3. The number of hydrogen-bond acceptors (Lipinski definition) is 6. The van der Waals surface area contributed by atoms with Crippen LogP contribution in [0.4, 0.5) is 0 Å². The van der Waals surface area contributed by atoms with Crippen molar-refractivity contribution in [1.82, 2.24) is 0 Å². The van der Waals surface area contributed by atoms with Crippen LogP contribution in [-0.4, -0.2) is 27.1 Å². The molecule has 0 spiro atoms. The molecule has 28 heavy (non-hydrogen) atoms. The van der Waals surface area contributed by atoms with E-state index in [1.54, 1.807) is 44.2 Å². The smallest absolute Gasteiger partial charge is 0.204 e. The first-order valence-electron chi connectivity index (χ1n) is 9.00. The van der Waals surface area contributed by atoms with Gasteiger partial charge >= 0.3 is 0 Å². The molecule has 0 aliphatic rings. The van der Waals surface area contributed by atoms with E-state index in [0.717, 1.165) is 19.1 Å². The normalized spacial score (nSPS) is 11.7. The average Bonchev–Trinajstić information content (AvgIpc) is 2.62. The third-order valence-corrected chi connectivity index (χ3v) is 4.99. The molecule has 0 unspecified atom stereocenters. The second kappa shape index (κ2) is 9.09. The van der Waals surface area contributed by atoms with Crippen LogP contribution >= 0.6 is 0 Å². The minimum absolute atomic E-state index is 0.214. The molecule has 0 aliphatic heterocycles. The summed E-state index contributed by atoms with van der Waals surface area (Å²) in [7, 11) is -3.26. The summed E-state index contributed by atoms with van der Waals surface area (Å²) in [4.78, 5) is 0.214. The Morgan fingerprint density at radius 1 is 1.07 bits per heavy atom. The third-order valence-electron chi connectivity index (χ3n) is 3.86. The van der Waals surface area contributed by atoms with E-state index in [2.05, 4.69) is 13.0 Å². The van der Waals surface area contributed by atoms with Crippen LogP contribution in [0.3, 0.4) is 0 Å². The van der Waals surface area contributed by atoms with E-state index in [4.69, 9.17) is 14.2 Å². The molecule has 6 nitrogen and oxygen atoms in total. The Hall–Kier alpha value is -2.56. The van der Waals surface area contributed by atoms with E-state index in [1.807, 2.05) is 0 Å². The topological polar surface area (TPSA) is 85.6 Å². The van der Waals surface area contributed by atoms with Crippen LogP contribution in [0.1, 0.15) is 39.2 Å². The Labute approximate surface area is 166 Å². The van der Waals surface area contributed by atoms with Gasteiger partial charge in [-0.2, -0.15) is 5.26 Å². The van der Waals surface area contributed by atoms with Crippen LogP contribution < -0.4 is 9.47 Å². The van der Waals surface area contributed by atoms with Crippen LogP contribution in [0.15, 0.2) is 47.4 Å². The van der Waals surface area contributed by atoms with E-state index >= 15 is 0 Å². The summed E-state index contributed by atoms with van der Waals surface area (Å²) in [6.07, 6.45) is 3.10. The van der Waals surface area contributed by atoms with Gasteiger partial charge in [0.25, 0.3) is 0 Å². The van der Waals surface area contributed by atoms with Gasteiger partial charge in [0.1, 0.15) is 23.3 Å². The van der Waals surface area contributed by atoms with Crippen molar-refractivity contribution in [2.75, 3.05) is 12.9 Å². The minimum atomic E-state index is -3.26. The fraction of sp³-hybridized carbons (Fsp3) is 0.381. The van der Waals surface area contributed by atoms with Gasteiger partial charge in [0.15, 0.2) is 9.84 Å². The highest BCUT2D eigenvalue weighted by atomic mass is 32.2. The second-order valence-corrected chi connectivity index (χ2v) is 8.84. The van der Waals surface area contributed by atoms with Gasteiger partial charge in [0, 0.05) is 26.2 Å². The lowest BCUT2D eigenvalue weighted by molar-refractivity contribution is -0.156. The maximum Gasteiger partial charge on any atom is 0.204 e. The van der Waals surface area contributed by atoms with Crippen LogP contribution in [0.2, 0.25) is 0 Å². The second-order valence-electron chi connectivity index (χ2n) is 6.82. The van der Waals surface area contributed by atoms with Gasteiger partial charge < -0.3 is 14.2 Å². The lowest BCUT2D eigenvalue weighted by Gasteiger charge is -2.27. The number of sulfone groups is 1. The summed E-state index contributed by atoms with van der Waals surface area (Å²) in [5.74, 6) is 0.461. The summed E-state index contributed by atoms with van der Waals surface area (Å²) in [6.45, 7) is 6.27. The fourth-order valence-electron chi connectivity index (χ4n) is 2.40. The van der Waals surface area contributed by atoms with Gasteiger partial charge in [-0.1, -0.05) is 13.3 Å². The highest BCUT2D eigenvalue weighted by Gasteiger charge is 2.22. The summed E-state index contributed by atoms with van der Waals surface area (Å²) in [5, 5.41) is 9.45. The lowest BCUT2D eigenvalue weighted by Crippen LogP contribution is -2.32. The molecule has 0 saturated carbocycles. The number of nitrogens with zero attached hydrogens (tertiary/aromatic N) is 1. The quantitative estimate of drug-likeness (QED) is 0.446. The van der Waals surface area contributed by atoms with Gasteiger partial charge in [0.2, 0.25) is 5.79 Å². The Kier molecular flexibility index (Phi) is 7.05. The molecule has 2 aromatic carbocycles. The molecule has 0 heterocycles. The highest BCUT2D eigenvalue weighted by Crippen LogP contribution is 2.30. The van der Waals surface area contributed by atoms with Crippen molar-refractivity contribution in [3.8, 4) is 23.3 Å². The number of rotatable bonds is 9. The van der Waals surface area contributed by atoms with Gasteiger partial charge in [-0.3, -0.25) is 0 Å². The van der Waals surface area contributed by atoms with E-state index < -0.39 is 15.6 Å². The molecule has 0 saturated heterocycles. The van der Waals surface area contributed by atoms with Crippen molar-refractivity contribution in [3.05, 3.63) is 48.0 Å². The Balaban J connectivity index is 2.13. The summed E-state index contributed by atoms with van der Waals surface area (Å²) < 4.78 is 40.3. The van der Waals surface area contributed by atoms with E-state index in [-0.39, 0.29) is 4.90 Å². The summed E-state index contributed by atoms with van der Waals surface area (Å²) in [5.41, 5.74) is 0.317. The molecular weight excluding hydrogens is 378 g/mol. The zero-order valence-electron chi connectivity index (χ0n) is 16.6. The number of hydrogen-bond donors (Lipinski definition) is 0. The van der Waals surface area contributed by atoms with Crippen molar-refractivity contribution in [2.24, 2.45) is 0 Å². The molecular formula is C21H25NO5S. The number of nitriles is 1. The molecule has 150 valence electrons. The zero-order valence-corrected chi connectivity index (χ0v) is 17.4. The molecule has 0 fully saturated rings. The first-order valence-corrected chi connectivity index (χ1v) is 10.9. The van der Waals surface area contributed by atoms with E-state index in [1.165, 1.54) is 12.1 Å². The predicted octanol–water partition coefficient (Wildman–Crippen LogP) is 4.69. The Morgan fingerprint density at radius 2 is 1.71 bits per heavy atom. The molecule has 7 heteroatoms. The summed E-state index contributed by atoms with van der Waals surface area (Å²) >= 11 is 0. The number of unbranched alkanes of at least 4 members (excludes halogenated alkanes) is 1. The molecule has 0 bridgehead atoms. The van der Waals surface area contributed by atoms with E-state index in [0.29, 0.717) is 29.4 Å². The van der Waals surface area contributed by atoms with Crippen LogP contribution in [0.5, 0.6) is 17.2 Å². The van der Waals surface area contributed by atoms with Crippen LogP contribution in [0.25, 0.3) is 0 Å².